The van der Waals surface area contributed by atoms with Gasteiger partial charge in [0.05, 0.1) is 17.1 Å². The fourth-order valence-corrected chi connectivity index (χ4v) is 2.80. The number of aromatic nitrogens is 1. The van der Waals surface area contributed by atoms with Crippen molar-refractivity contribution in [2.75, 3.05) is 0 Å². The molecule has 2 rings (SSSR count). The van der Waals surface area contributed by atoms with E-state index < -0.39 is 5.97 Å². The van der Waals surface area contributed by atoms with E-state index in [0.717, 1.165) is 10.6 Å². The molecule has 1 heterocycles. The van der Waals surface area contributed by atoms with Crippen molar-refractivity contribution in [3.63, 3.8) is 0 Å². The summed E-state index contributed by atoms with van der Waals surface area (Å²) in [6, 6.07) is 0. The molecule has 1 aromatic heterocycles. The van der Waals surface area contributed by atoms with Crippen molar-refractivity contribution in [1.82, 2.24) is 4.98 Å². The van der Waals surface area contributed by atoms with Crippen molar-refractivity contribution in [1.29, 1.82) is 0 Å². The van der Waals surface area contributed by atoms with Crippen LogP contribution in [0.1, 0.15) is 41.8 Å². The molecule has 1 aromatic rings. The van der Waals surface area contributed by atoms with Gasteiger partial charge in [-0.05, 0) is 26.2 Å². The fraction of sp³-hybridized carbons (Fsp3) is 0.636. The van der Waals surface area contributed by atoms with Crippen molar-refractivity contribution in [2.24, 2.45) is 0 Å². The van der Waals surface area contributed by atoms with Crippen LogP contribution in [-0.2, 0) is 16.6 Å². The lowest BCUT2D eigenvalue weighted by atomic mass is 10.2. The molecule has 1 fully saturated rings. The second-order valence-electron chi connectivity index (χ2n) is 4.48. The number of hydrogen-bond acceptors (Lipinski definition) is 3. The van der Waals surface area contributed by atoms with Gasteiger partial charge in [0.25, 0.3) is 0 Å². The highest BCUT2D eigenvalue weighted by Gasteiger charge is 2.42. The molecular formula is C11H15NO2S. The van der Waals surface area contributed by atoms with Crippen molar-refractivity contribution in [3.8, 4) is 0 Å². The Balaban J connectivity index is 2.11. The summed E-state index contributed by atoms with van der Waals surface area (Å²) in [4.78, 5) is 16.2. The molecule has 0 spiro atoms. The van der Waals surface area contributed by atoms with Gasteiger partial charge in [0.2, 0.25) is 0 Å². The Morgan fingerprint density at radius 3 is 2.80 bits per heavy atom. The molecule has 1 aliphatic carbocycles. The van der Waals surface area contributed by atoms with Gasteiger partial charge in [0.15, 0.2) is 0 Å². The minimum atomic E-state index is -0.734. The number of hydrogen-bond donors (Lipinski definition) is 1. The third kappa shape index (κ3) is 2.20. The maximum absolute atomic E-state index is 10.5. The highest BCUT2D eigenvalue weighted by atomic mass is 32.1. The maximum atomic E-state index is 10.5. The Hall–Kier alpha value is -0.900. The lowest BCUT2D eigenvalue weighted by Gasteiger charge is -2.00. The van der Waals surface area contributed by atoms with Crippen LogP contribution < -0.4 is 0 Å². The summed E-state index contributed by atoms with van der Waals surface area (Å²) in [5.41, 5.74) is 1.32. The van der Waals surface area contributed by atoms with E-state index in [0.29, 0.717) is 11.8 Å². The fourth-order valence-electron chi connectivity index (χ4n) is 1.54. The normalized spacial score (nSPS) is 17.7. The number of carboxylic acids is 1. The minimum absolute atomic E-state index is 0.208. The number of carbonyl (C=O) groups is 1. The van der Waals surface area contributed by atoms with E-state index >= 15 is 0 Å². The Kier molecular flexibility index (Phi) is 2.54. The Labute approximate surface area is 93.2 Å². The van der Waals surface area contributed by atoms with Gasteiger partial charge in [-0.15, -0.1) is 11.3 Å². The second-order valence-corrected chi connectivity index (χ2v) is 5.57. The molecule has 1 N–H and O–H groups in total. The van der Waals surface area contributed by atoms with Crippen LogP contribution in [0, 0.1) is 6.92 Å². The van der Waals surface area contributed by atoms with E-state index in [1.165, 1.54) is 17.8 Å². The number of carboxylic acid groups (broad SMARTS) is 1. The summed E-state index contributed by atoms with van der Waals surface area (Å²) in [7, 11) is 0. The number of rotatable bonds is 4. The molecule has 82 valence electrons. The molecule has 0 atom stereocenters. The molecule has 4 heteroatoms. The molecule has 0 saturated heterocycles. The summed E-state index contributed by atoms with van der Waals surface area (Å²) >= 11 is 1.70. The second kappa shape index (κ2) is 3.59. The molecule has 0 unspecified atom stereocenters. The standard InChI is InChI=1S/C11H15NO2S/c1-7-8(3-4-9(13)14)15-10(12-7)11(2)5-6-11/h3-6H2,1-2H3,(H,13,14). The molecule has 3 nitrogen and oxygen atoms in total. The van der Waals surface area contributed by atoms with Gasteiger partial charge >= 0.3 is 5.97 Å². The van der Waals surface area contributed by atoms with E-state index in [2.05, 4.69) is 11.9 Å². The molecule has 0 bridgehead atoms. The van der Waals surface area contributed by atoms with Crippen LogP contribution in [-0.4, -0.2) is 16.1 Å². The van der Waals surface area contributed by atoms with Crippen LogP contribution in [0.15, 0.2) is 0 Å². The Bertz CT molecular complexity index is 393. The van der Waals surface area contributed by atoms with Crippen molar-refractivity contribution < 1.29 is 9.90 Å². The summed E-state index contributed by atoms with van der Waals surface area (Å²) in [5.74, 6) is -0.734. The van der Waals surface area contributed by atoms with Crippen LogP contribution in [0.4, 0.5) is 0 Å². The van der Waals surface area contributed by atoms with Crippen molar-refractivity contribution in [3.05, 3.63) is 15.6 Å². The summed E-state index contributed by atoms with van der Waals surface area (Å²) in [5, 5.41) is 9.82. The minimum Gasteiger partial charge on any atom is -0.481 e. The highest BCUT2D eigenvalue weighted by molar-refractivity contribution is 7.12. The number of nitrogens with zero attached hydrogens (tertiary/aromatic N) is 1. The van der Waals surface area contributed by atoms with Crippen molar-refractivity contribution in [2.45, 2.75) is 44.9 Å². The zero-order valence-electron chi connectivity index (χ0n) is 9.04. The molecule has 1 saturated carbocycles. The number of thiazole rings is 1. The molecular weight excluding hydrogens is 210 g/mol. The first-order valence-corrected chi connectivity index (χ1v) is 6.01. The van der Waals surface area contributed by atoms with Gasteiger partial charge in [-0.3, -0.25) is 4.79 Å². The van der Waals surface area contributed by atoms with Crippen LogP contribution in [0.3, 0.4) is 0 Å². The average Bonchev–Trinajstić information content (AvgIpc) is 2.77. The zero-order chi connectivity index (χ0) is 11.1. The lowest BCUT2D eigenvalue weighted by molar-refractivity contribution is -0.136. The van der Waals surface area contributed by atoms with Crippen LogP contribution in [0.5, 0.6) is 0 Å². The SMILES string of the molecule is Cc1nc(C2(C)CC2)sc1CCC(=O)O. The van der Waals surface area contributed by atoms with Gasteiger partial charge in [-0.25, -0.2) is 4.98 Å². The molecule has 15 heavy (non-hydrogen) atoms. The van der Waals surface area contributed by atoms with Gasteiger partial charge in [-0.1, -0.05) is 6.92 Å². The third-order valence-electron chi connectivity index (χ3n) is 2.97. The first-order chi connectivity index (χ1) is 7.01. The first kappa shape index (κ1) is 10.6. The summed E-state index contributed by atoms with van der Waals surface area (Å²) < 4.78 is 0. The van der Waals surface area contributed by atoms with E-state index in [-0.39, 0.29) is 6.42 Å². The average molecular weight is 225 g/mol. The predicted octanol–water partition coefficient (Wildman–Crippen LogP) is 2.52. The van der Waals surface area contributed by atoms with Crippen LogP contribution >= 0.6 is 11.3 Å². The van der Waals surface area contributed by atoms with Gasteiger partial charge in [-0.2, -0.15) is 0 Å². The van der Waals surface area contributed by atoms with E-state index in [1.807, 2.05) is 6.92 Å². The predicted molar refractivity (Wildman–Crippen MR) is 59.4 cm³/mol. The topological polar surface area (TPSA) is 50.2 Å². The Morgan fingerprint density at radius 2 is 2.27 bits per heavy atom. The monoisotopic (exact) mass is 225 g/mol. The molecule has 0 amide bonds. The van der Waals surface area contributed by atoms with Crippen LogP contribution in [0.2, 0.25) is 0 Å². The van der Waals surface area contributed by atoms with Crippen LogP contribution in [0.25, 0.3) is 0 Å². The lowest BCUT2D eigenvalue weighted by Crippen LogP contribution is -1.97. The smallest absolute Gasteiger partial charge is 0.303 e. The quantitative estimate of drug-likeness (QED) is 0.856. The largest absolute Gasteiger partial charge is 0.481 e. The number of aryl methyl sites for hydroxylation is 2. The zero-order valence-corrected chi connectivity index (χ0v) is 9.86. The van der Waals surface area contributed by atoms with E-state index in [4.69, 9.17) is 5.11 Å². The molecule has 0 radical (unpaired) electrons. The van der Waals surface area contributed by atoms with Crippen molar-refractivity contribution >= 4 is 17.3 Å². The summed E-state index contributed by atoms with van der Waals surface area (Å²) in [6.07, 6.45) is 3.27. The Morgan fingerprint density at radius 1 is 1.60 bits per heavy atom. The molecule has 1 aliphatic rings. The molecule has 0 aromatic carbocycles. The van der Waals surface area contributed by atoms with Gasteiger partial charge in [0, 0.05) is 10.3 Å². The number of aliphatic carboxylic acids is 1. The maximum Gasteiger partial charge on any atom is 0.303 e. The first-order valence-electron chi connectivity index (χ1n) is 5.20. The highest BCUT2D eigenvalue weighted by Crippen LogP contribution is 2.49. The molecule has 0 aliphatic heterocycles. The van der Waals surface area contributed by atoms with Gasteiger partial charge < -0.3 is 5.11 Å². The third-order valence-corrected chi connectivity index (χ3v) is 4.50. The van der Waals surface area contributed by atoms with E-state index in [9.17, 15) is 4.79 Å². The van der Waals surface area contributed by atoms with E-state index in [1.54, 1.807) is 11.3 Å². The van der Waals surface area contributed by atoms with Gasteiger partial charge in [0.1, 0.15) is 0 Å². The summed E-state index contributed by atoms with van der Waals surface area (Å²) in [6.45, 7) is 4.20.